The Labute approximate surface area is 123 Å². The van der Waals surface area contributed by atoms with Gasteiger partial charge in [0.2, 0.25) is 16.0 Å². The summed E-state index contributed by atoms with van der Waals surface area (Å²) in [4.78, 5) is 11.8. The van der Waals surface area contributed by atoms with E-state index in [1.54, 1.807) is 13.0 Å². The maximum absolute atomic E-state index is 12.5. The average molecular weight is 307 g/mol. The van der Waals surface area contributed by atoms with Crippen LogP contribution < -0.4 is 5.73 Å². The Kier molecular flexibility index (Phi) is 4.49. The van der Waals surface area contributed by atoms with Gasteiger partial charge in [0, 0.05) is 12.2 Å². The fourth-order valence-corrected chi connectivity index (χ4v) is 3.16. The molecule has 0 aromatic carbocycles. The van der Waals surface area contributed by atoms with E-state index in [2.05, 4.69) is 15.0 Å². The van der Waals surface area contributed by atoms with Gasteiger partial charge >= 0.3 is 0 Å². The van der Waals surface area contributed by atoms with Crippen LogP contribution in [0.2, 0.25) is 0 Å². The lowest BCUT2D eigenvalue weighted by Crippen LogP contribution is -2.31. The number of nitrogen functional groups attached to an aromatic ring is 1. The number of aromatic nitrogens is 3. The van der Waals surface area contributed by atoms with Crippen molar-refractivity contribution in [3.63, 3.8) is 0 Å². The SMILES string of the molecule is CCN(Cc1cccc(C)n1)S(=O)(=O)c1cnc(N)nc1. The van der Waals surface area contributed by atoms with Crippen LogP contribution in [0.1, 0.15) is 18.3 Å². The maximum Gasteiger partial charge on any atom is 0.246 e. The minimum Gasteiger partial charge on any atom is -0.368 e. The molecule has 112 valence electrons. The number of sulfonamides is 1. The second-order valence-electron chi connectivity index (χ2n) is 4.48. The van der Waals surface area contributed by atoms with Crippen LogP contribution in [0.5, 0.6) is 0 Å². The number of nitrogens with zero attached hydrogens (tertiary/aromatic N) is 4. The highest BCUT2D eigenvalue weighted by Crippen LogP contribution is 2.16. The number of hydrogen-bond acceptors (Lipinski definition) is 6. The Morgan fingerprint density at radius 1 is 1.24 bits per heavy atom. The first-order valence-corrected chi connectivity index (χ1v) is 7.87. The summed E-state index contributed by atoms with van der Waals surface area (Å²) in [6, 6.07) is 5.51. The van der Waals surface area contributed by atoms with Crippen LogP contribution >= 0.6 is 0 Å². The molecule has 0 atom stereocenters. The predicted octanol–water partition coefficient (Wildman–Crippen LogP) is 0.973. The average Bonchev–Trinajstić information content (AvgIpc) is 2.45. The van der Waals surface area contributed by atoms with Crippen molar-refractivity contribution in [2.75, 3.05) is 12.3 Å². The number of hydrogen-bond donors (Lipinski definition) is 1. The van der Waals surface area contributed by atoms with Gasteiger partial charge in [0.05, 0.1) is 24.6 Å². The topological polar surface area (TPSA) is 102 Å². The molecule has 0 aliphatic rings. The Morgan fingerprint density at radius 2 is 1.90 bits per heavy atom. The molecule has 21 heavy (non-hydrogen) atoms. The van der Waals surface area contributed by atoms with Gasteiger partial charge in [-0.3, -0.25) is 4.98 Å². The Balaban J connectivity index is 2.29. The molecule has 2 aromatic heterocycles. The molecular weight excluding hydrogens is 290 g/mol. The van der Waals surface area contributed by atoms with Crippen molar-refractivity contribution in [3.8, 4) is 0 Å². The molecule has 2 N–H and O–H groups in total. The number of rotatable bonds is 5. The molecule has 0 unspecified atom stereocenters. The highest BCUT2D eigenvalue weighted by atomic mass is 32.2. The summed E-state index contributed by atoms with van der Waals surface area (Å²) in [5.74, 6) is 0.0392. The van der Waals surface area contributed by atoms with Crippen molar-refractivity contribution >= 4 is 16.0 Å². The highest BCUT2D eigenvalue weighted by molar-refractivity contribution is 7.89. The van der Waals surface area contributed by atoms with Crippen molar-refractivity contribution in [1.82, 2.24) is 19.3 Å². The zero-order valence-corrected chi connectivity index (χ0v) is 12.7. The summed E-state index contributed by atoms with van der Waals surface area (Å²) in [5, 5.41) is 0. The second kappa shape index (κ2) is 6.15. The molecule has 0 amide bonds. The molecule has 8 heteroatoms. The lowest BCUT2D eigenvalue weighted by Gasteiger charge is -2.19. The predicted molar refractivity (Wildman–Crippen MR) is 78.7 cm³/mol. The van der Waals surface area contributed by atoms with Gasteiger partial charge < -0.3 is 5.73 Å². The maximum atomic E-state index is 12.5. The van der Waals surface area contributed by atoms with Gasteiger partial charge in [-0.1, -0.05) is 13.0 Å². The number of nitrogens with two attached hydrogens (primary N) is 1. The zero-order chi connectivity index (χ0) is 15.5. The van der Waals surface area contributed by atoms with Gasteiger partial charge in [-0.25, -0.2) is 18.4 Å². The van der Waals surface area contributed by atoms with Crippen LogP contribution in [-0.4, -0.2) is 34.2 Å². The van der Waals surface area contributed by atoms with E-state index < -0.39 is 10.0 Å². The Bertz CT molecular complexity index is 716. The first-order valence-electron chi connectivity index (χ1n) is 6.43. The van der Waals surface area contributed by atoms with E-state index in [0.29, 0.717) is 12.2 Å². The summed E-state index contributed by atoms with van der Waals surface area (Å²) in [7, 11) is -3.67. The van der Waals surface area contributed by atoms with Gasteiger partial charge in [-0.2, -0.15) is 4.31 Å². The smallest absolute Gasteiger partial charge is 0.246 e. The molecule has 2 aromatic rings. The third kappa shape index (κ3) is 3.53. The van der Waals surface area contributed by atoms with E-state index in [-0.39, 0.29) is 17.4 Å². The van der Waals surface area contributed by atoms with Crippen LogP contribution in [0.25, 0.3) is 0 Å². The van der Waals surface area contributed by atoms with Crippen molar-refractivity contribution in [2.24, 2.45) is 0 Å². The van der Waals surface area contributed by atoms with Gasteiger partial charge in [0.25, 0.3) is 0 Å². The van der Waals surface area contributed by atoms with E-state index in [9.17, 15) is 8.42 Å². The van der Waals surface area contributed by atoms with Crippen LogP contribution in [0.4, 0.5) is 5.95 Å². The standard InChI is InChI=1S/C13H17N5O2S/c1-3-18(9-11-6-4-5-10(2)17-11)21(19,20)12-7-15-13(14)16-8-12/h4-8H,3,9H2,1-2H3,(H2,14,15,16). The largest absolute Gasteiger partial charge is 0.368 e. The van der Waals surface area contributed by atoms with E-state index in [1.807, 2.05) is 19.1 Å². The number of aryl methyl sites for hydroxylation is 1. The molecule has 2 rings (SSSR count). The van der Waals surface area contributed by atoms with E-state index >= 15 is 0 Å². The summed E-state index contributed by atoms with van der Waals surface area (Å²) in [5.41, 5.74) is 6.91. The molecule has 0 radical (unpaired) electrons. The summed E-state index contributed by atoms with van der Waals surface area (Å²) in [6.07, 6.45) is 2.42. The second-order valence-corrected chi connectivity index (χ2v) is 6.42. The molecule has 7 nitrogen and oxygen atoms in total. The molecule has 0 saturated carbocycles. The molecule has 0 spiro atoms. The fraction of sp³-hybridized carbons (Fsp3) is 0.308. The van der Waals surface area contributed by atoms with Gasteiger partial charge in [0.15, 0.2) is 0 Å². The minimum atomic E-state index is -3.67. The number of anilines is 1. The number of pyridine rings is 1. The minimum absolute atomic E-state index is 0.0196. The van der Waals surface area contributed by atoms with Crippen LogP contribution in [0.15, 0.2) is 35.5 Å². The van der Waals surface area contributed by atoms with Crippen LogP contribution in [-0.2, 0) is 16.6 Å². The van der Waals surface area contributed by atoms with Crippen LogP contribution in [0, 0.1) is 6.92 Å². The third-order valence-corrected chi connectivity index (χ3v) is 4.80. The highest BCUT2D eigenvalue weighted by Gasteiger charge is 2.24. The van der Waals surface area contributed by atoms with E-state index in [1.165, 1.54) is 16.7 Å². The molecule has 0 aliphatic heterocycles. The molecular formula is C13H17N5O2S. The zero-order valence-electron chi connectivity index (χ0n) is 11.9. The van der Waals surface area contributed by atoms with E-state index in [0.717, 1.165) is 5.69 Å². The molecule has 2 heterocycles. The van der Waals surface area contributed by atoms with Gasteiger partial charge in [0.1, 0.15) is 4.90 Å². The lowest BCUT2D eigenvalue weighted by molar-refractivity contribution is 0.418. The van der Waals surface area contributed by atoms with Crippen LogP contribution in [0.3, 0.4) is 0 Å². The summed E-state index contributed by atoms with van der Waals surface area (Å²) in [6.45, 7) is 4.15. The van der Waals surface area contributed by atoms with Crippen molar-refractivity contribution in [1.29, 1.82) is 0 Å². The Hall–Kier alpha value is -2.06. The first kappa shape index (κ1) is 15.3. The van der Waals surface area contributed by atoms with Gasteiger partial charge in [-0.05, 0) is 19.1 Å². The summed E-state index contributed by atoms with van der Waals surface area (Å²) < 4.78 is 26.4. The Morgan fingerprint density at radius 3 is 2.48 bits per heavy atom. The fourth-order valence-electron chi connectivity index (χ4n) is 1.84. The monoisotopic (exact) mass is 307 g/mol. The first-order chi connectivity index (χ1) is 9.93. The van der Waals surface area contributed by atoms with Gasteiger partial charge in [-0.15, -0.1) is 0 Å². The van der Waals surface area contributed by atoms with Crippen molar-refractivity contribution in [3.05, 3.63) is 42.0 Å². The normalized spacial score (nSPS) is 11.8. The summed E-state index contributed by atoms with van der Waals surface area (Å²) >= 11 is 0. The van der Waals surface area contributed by atoms with Crippen molar-refractivity contribution < 1.29 is 8.42 Å². The van der Waals surface area contributed by atoms with E-state index in [4.69, 9.17) is 5.73 Å². The lowest BCUT2D eigenvalue weighted by atomic mass is 10.3. The molecule has 0 fully saturated rings. The van der Waals surface area contributed by atoms with Crippen molar-refractivity contribution in [2.45, 2.75) is 25.3 Å². The molecule has 0 saturated heterocycles. The quantitative estimate of drug-likeness (QED) is 0.883. The molecule has 0 aliphatic carbocycles. The third-order valence-electron chi connectivity index (χ3n) is 2.92. The molecule has 0 bridgehead atoms.